The van der Waals surface area contributed by atoms with Crippen LogP contribution in [-0.4, -0.2) is 47.5 Å². The van der Waals surface area contributed by atoms with E-state index in [1.807, 2.05) is 4.90 Å². The van der Waals surface area contributed by atoms with Crippen LogP contribution >= 0.6 is 0 Å². The van der Waals surface area contributed by atoms with Gasteiger partial charge in [0, 0.05) is 31.1 Å². The number of carbonyl (C=O) groups is 2. The third kappa shape index (κ3) is 3.60. The number of aromatic nitrogens is 1. The summed E-state index contributed by atoms with van der Waals surface area (Å²) in [4.78, 5) is 25.0. The van der Waals surface area contributed by atoms with E-state index in [4.69, 9.17) is 10.3 Å². The Morgan fingerprint density at radius 3 is 2.67 bits per heavy atom. The van der Waals surface area contributed by atoms with E-state index in [2.05, 4.69) is 10.5 Å². The third-order valence-electron chi connectivity index (χ3n) is 4.04. The second-order valence-corrected chi connectivity index (χ2v) is 5.88. The summed E-state index contributed by atoms with van der Waals surface area (Å²) in [5.41, 5.74) is 5.54. The van der Waals surface area contributed by atoms with Crippen LogP contribution < -0.4 is 11.1 Å². The first-order chi connectivity index (χ1) is 10.1. The molecule has 1 aromatic heterocycles. The maximum atomic E-state index is 12.1. The number of rotatable bonds is 5. The molecular formula is C14H20N4O3. The molecule has 0 spiro atoms. The molecule has 2 aliphatic rings. The van der Waals surface area contributed by atoms with Crippen LogP contribution in [-0.2, 0) is 4.79 Å². The van der Waals surface area contributed by atoms with Gasteiger partial charge >= 0.3 is 0 Å². The monoisotopic (exact) mass is 292 g/mol. The summed E-state index contributed by atoms with van der Waals surface area (Å²) in [6.07, 6.45) is 3.86. The molecule has 3 rings (SSSR count). The normalized spacial score (nSPS) is 20.4. The molecule has 7 nitrogen and oxygen atoms in total. The molecule has 0 aromatic carbocycles. The van der Waals surface area contributed by atoms with Crippen LogP contribution in [0.4, 0.5) is 0 Å². The van der Waals surface area contributed by atoms with Gasteiger partial charge in [0.15, 0.2) is 5.69 Å². The Bertz CT molecular complexity index is 530. The smallest absolute Gasteiger partial charge is 0.273 e. The van der Waals surface area contributed by atoms with Crippen molar-refractivity contribution in [2.75, 3.05) is 19.6 Å². The highest BCUT2D eigenvalue weighted by Gasteiger charge is 2.29. The van der Waals surface area contributed by atoms with Gasteiger partial charge in [0.1, 0.15) is 5.76 Å². The van der Waals surface area contributed by atoms with Gasteiger partial charge in [0.25, 0.3) is 5.91 Å². The van der Waals surface area contributed by atoms with Gasteiger partial charge in [-0.15, -0.1) is 0 Å². The van der Waals surface area contributed by atoms with Crippen molar-refractivity contribution in [1.29, 1.82) is 0 Å². The third-order valence-corrected chi connectivity index (χ3v) is 4.04. The van der Waals surface area contributed by atoms with E-state index in [-0.39, 0.29) is 24.4 Å². The SMILES string of the molecule is NC(=O)CN1CCC(NC(=O)c2cc(C3CC3)on2)CC1. The molecule has 0 bridgehead atoms. The van der Waals surface area contributed by atoms with Crippen molar-refractivity contribution in [1.82, 2.24) is 15.4 Å². The number of nitrogens with one attached hydrogen (secondary N) is 1. The number of piperidine rings is 1. The van der Waals surface area contributed by atoms with Gasteiger partial charge in [0.2, 0.25) is 5.91 Å². The van der Waals surface area contributed by atoms with Crippen LogP contribution in [0.5, 0.6) is 0 Å². The molecule has 7 heteroatoms. The second-order valence-electron chi connectivity index (χ2n) is 5.88. The predicted octanol–water partition coefficient (Wildman–Crippen LogP) is 0.231. The average molecular weight is 292 g/mol. The first kappa shape index (κ1) is 14.1. The average Bonchev–Trinajstić information content (AvgIpc) is 3.18. The maximum absolute atomic E-state index is 12.1. The fourth-order valence-corrected chi connectivity index (χ4v) is 2.67. The Balaban J connectivity index is 1.47. The van der Waals surface area contributed by atoms with Crippen molar-refractivity contribution >= 4 is 11.8 Å². The topological polar surface area (TPSA) is 101 Å². The van der Waals surface area contributed by atoms with Crippen LogP contribution in [0.15, 0.2) is 10.6 Å². The quantitative estimate of drug-likeness (QED) is 0.809. The number of carbonyl (C=O) groups excluding carboxylic acids is 2. The van der Waals surface area contributed by atoms with Gasteiger partial charge in [-0.25, -0.2) is 0 Å². The summed E-state index contributed by atoms with van der Waals surface area (Å²) < 4.78 is 5.19. The molecular weight excluding hydrogens is 272 g/mol. The van der Waals surface area contributed by atoms with Crippen LogP contribution in [0.25, 0.3) is 0 Å². The summed E-state index contributed by atoms with van der Waals surface area (Å²) in [6, 6.07) is 1.86. The Hall–Kier alpha value is -1.89. The highest BCUT2D eigenvalue weighted by Crippen LogP contribution is 2.40. The molecule has 21 heavy (non-hydrogen) atoms. The molecule has 114 valence electrons. The van der Waals surface area contributed by atoms with Gasteiger partial charge in [-0.1, -0.05) is 5.16 Å². The van der Waals surface area contributed by atoms with E-state index in [9.17, 15) is 9.59 Å². The van der Waals surface area contributed by atoms with Crippen LogP contribution in [0.3, 0.4) is 0 Å². The summed E-state index contributed by atoms with van der Waals surface area (Å²) >= 11 is 0. The van der Waals surface area contributed by atoms with Crippen molar-refractivity contribution in [3.05, 3.63) is 17.5 Å². The Labute approximate surface area is 122 Å². The minimum Gasteiger partial charge on any atom is -0.369 e. The van der Waals surface area contributed by atoms with Gasteiger partial charge in [-0.05, 0) is 25.7 Å². The van der Waals surface area contributed by atoms with Crippen molar-refractivity contribution in [2.24, 2.45) is 5.73 Å². The van der Waals surface area contributed by atoms with Crippen molar-refractivity contribution in [3.63, 3.8) is 0 Å². The zero-order valence-electron chi connectivity index (χ0n) is 11.9. The molecule has 0 radical (unpaired) electrons. The molecule has 2 fully saturated rings. The van der Waals surface area contributed by atoms with Crippen molar-refractivity contribution in [3.8, 4) is 0 Å². The first-order valence-corrected chi connectivity index (χ1v) is 7.40. The number of hydrogen-bond acceptors (Lipinski definition) is 5. The summed E-state index contributed by atoms with van der Waals surface area (Å²) in [6.45, 7) is 1.81. The largest absolute Gasteiger partial charge is 0.369 e. The van der Waals surface area contributed by atoms with Gasteiger partial charge < -0.3 is 15.6 Å². The molecule has 1 saturated heterocycles. The van der Waals surface area contributed by atoms with Crippen LogP contribution in [0, 0.1) is 0 Å². The van der Waals surface area contributed by atoms with E-state index in [1.54, 1.807) is 6.07 Å². The molecule has 1 saturated carbocycles. The fraction of sp³-hybridized carbons (Fsp3) is 0.643. The van der Waals surface area contributed by atoms with Gasteiger partial charge in [-0.3, -0.25) is 14.5 Å². The number of likely N-dealkylation sites (tertiary alicyclic amines) is 1. The molecule has 2 amide bonds. The minimum atomic E-state index is -0.312. The van der Waals surface area contributed by atoms with E-state index in [0.29, 0.717) is 11.6 Å². The molecule has 1 aliphatic heterocycles. The number of hydrogen-bond donors (Lipinski definition) is 2. The number of amides is 2. The highest BCUT2D eigenvalue weighted by atomic mass is 16.5. The molecule has 3 N–H and O–H groups in total. The van der Waals surface area contributed by atoms with Crippen LogP contribution in [0.2, 0.25) is 0 Å². The Morgan fingerprint density at radius 1 is 1.33 bits per heavy atom. The standard InChI is InChI=1S/C14H20N4O3/c15-13(19)8-18-5-3-10(4-6-18)16-14(20)11-7-12(21-17-11)9-1-2-9/h7,9-10H,1-6,8H2,(H2,15,19)(H,16,20). The van der Waals surface area contributed by atoms with Crippen molar-refractivity contribution in [2.45, 2.75) is 37.6 Å². The zero-order chi connectivity index (χ0) is 14.8. The fourth-order valence-electron chi connectivity index (χ4n) is 2.67. The van der Waals surface area contributed by atoms with E-state index >= 15 is 0 Å². The highest BCUT2D eigenvalue weighted by molar-refractivity contribution is 5.92. The summed E-state index contributed by atoms with van der Waals surface area (Å²) in [5, 5.41) is 6.82. The first-order valence-electron chi connectivity index (χ1n) is 7.40. The number of nitrogens with two attached hydrogens (primary N) is 1. The lowest BCUT2D eigenvalue weighted by Gasteiger charge is -2.31. The van der Waals surface area contributed by atoms with Gasteiger partial charge in [0.05, 0.1) is 6.54 Å². The Morgan fingerprint density at radius 2 is 2.05 bits per heavy atom. The molecule has 1 aromatic rings. The summed E-state index contributed by atoms with van der Waals surface area (Å²) in [5.74, 6) is 0.777. The lowest BCUT2D eigenvalue weighted by molar-refractivity contribution is -0.119. The number of nitrogens with zero attached hydrogens (tertiary/aromatic N) is 2. The molecule has 0 unspecified atom stereocenters. The number of primary amides is 1. The lowest BCUT2D eigenvalue weighted by Crippen LogP contribution is -2.46. The second kappa shape index (κ2) is 5.85. The predicted molar refractivity (Wildman–Crippen MR) is 74.6 cm³/mol. The Kier molecular flexibility index (Phi) is 3.92. The lowest BCUT2D eigenvalue weighted by atomic mass is 10.0. The van der Waals surface area contributed by atoms with E-state index in [1.165, 1.54) is 0 Å². The van der Waals surface area contributed by atoms with Crippen molar-refractivity contribution < 1.29 is 14.1 Å². The summed E-state index contributed by atoms with van der Waals surface area (Å²) in [7, 11) is 0. The minimum absolute atomic E-state index is 0.114. The molecule has 1 aliphatic carbocycles. The van der Waals surface area contributed by atoms with E-state index < -0.39 is 0 Å². The van der Waals surface area contributed by atoms with Crippen LogP contribution in [0.1, 0.15) is 47.8 Å². The molecule has 0 atom stereocenters. The zero-order valence-corrected chi connectivity index (χ0v) is 11.9. The maximum Gasteiger partial charge on any atom is 0.273 e. The molecule has 2 heterocycles. The van der Waals surface area contributed by atoms with E-state index in [0.717, 1.165) is 44.5 Å². The van der Waals surface area contributed by atoms with Gasteiger partial charge in [-0.2, -0.15) is 0 Å².